The van der Waals surface area contributed by atoms with Crippen LogP contribution in [0.1, 0.15) is 37.5 Å². The lowest BCUT2D eigenvalue weighted by Crippen LogP contribution is -2.35. The normalized spacial score (nSPS) is 24.6. The molecule has 3 rings (SSSR count). The average molecular weight is 294 g/mol. The van der Waals surface area contributed by atoms with Gasteiger partial charge in [0.05, 0.1) is 0 Å². The van der Waals surface area contributed by atoms with Crippen molar-refractivity contribution >= 4 is 16.5 Å². The lowest BCUT2D eigenvalue weighted by Gasteiger charge is -2.23. The number of likely N-dealkylation sites (tertiary alicyclic amines) is 2. The maximum Gasteiger partial charge on any atom is 0.182 e. The van der Waals surface area contributed by atoms with Crippen molar-refractivity contribution in [2.75, 3.05) is 38.0 Å². The molecule has 1 unspecified atom stereocenters. The van der Waals surface area contributed by atoms with E-state index in [-0.39, 0.29) is 0 Å². The van der Waals surface area contributed by atoms with Crippen LogP contribution in [0.4, 0.5) is 5.13 Å². The molecule has 0 aromatic carbocycles. The second-order valence-electron chi connectivity index (χ2n) is 5.98. The van der Waals surface area contributed by atoms with Crippen LogP contribution in [0.15, 0.2) is 6.20 Å². The number of thiazole rings is 1. The summed E-state index contributed by atoms with van der Waals surface area (Å²) in [5.41, 5.74) is 0. The minimum absolute atomic E-state index is 0.808. The molecule has 1 aromatic rings. The van der Waals surface area contributed by atoms with Gasteiger partial charge in [0.2, 0.25) is 0 Å². The van der Waals surface area contributed by atoms with Gasteiger partial charge < -0.3 is 5.32 Å². The van der Waals surface area contributed by atoms with Crippen LogP contribution in [-0.2, 0) is 6.54 Å². The van der Waals surface area contributed by atoms with Crippen molar-refractivity contribution in [2.24, 2.45) is 0 Å². The zero-order valence-electron chi connectivity index (χ0n) is 12.5. The van der Waals surface area contributed by atoms with E-state index in [1.165, 1.54) is 50.3 Å². The summed E-state index contributed by atoms with van der Waals surface area (Å²) in [7, 11) is 0. The molecule has 1 atom stereocenters. The van der Waals surface area contributed by atoms with Crippen LogP contribution in [0.3, 0.4) is 0 Å². The van der Waals surface area contributed by atoms with Gasteiger partial charge in [-0.25, -0.2) is 4.98 Å². The van der Waals surface area contributed by atoms with Crippen LogP contribution in [-0.4, -0.2) is 53.5 Å². The van der Waals surface area contributed by atoms with E-state index in [1.54, 1.807) is 0 Å². The molecule has 0 bridgehead atoms. The first-order chi connectivity index (χ1) is 9.85. The third kappa shape index (κ3) is 3.51. The van der Waals surface area contributed by atoms with E-state index in [0.29, 0.717) is 0 Å². The molecule has 0 radical (unpaired) electrons. The van der Waals surface area contributed by atoms with Crippen molar-refractivity contribution in [3.63, 3.8) is 0 Å². The van der Waals surface area contributed by atoms with Crippen molar-refractivity contribution in [2.45, 2.75) is 45.2 Å². The van der Waals surface area contributed by atoms with Crippen LogP contribution < -0.4 is 5.32 Å². The summed E-state index contributed by atoms with van der Waals surface area (Å²) in [5, 5.41) is 4.45. The van der Waals surface area contributed by atoms with E-state index in [2.05, 4.69) is 27.0 Å². The summed E-state index contributed by atoms with van der Waals surface area (Å²) in [6, 6.07) is 0.808. The molecule has 20 heavy (non-hydrogen) atoms. The summed E-state index contributed by atoms with van der Waals surface area (Å²) in [4.78, 5) is 11.1. The van der Waals surface area contributed by atoms with E-state index >= 15 is 0 Å². The SMILES string of the molecule is CCCNc1ncc(CN2CCC(N3CCCC3)C2)s1. The van der Waals surface area contributed by atoms with Crippen LogP contribution in [0.2, 0.25) is 0 Å². The van der Waals surface area contributed by atoms with Crippen molar-refractivity contribution in [1.29, 1.82) is 0 Å². The number of nitrogens with zero attached hydrogens (tertiary/aromatic N) is 3. The molecule has 3 heterocycles. The van der Waals surface area contributed by atoms with Crippen molar-refractivity contribution in [1.82, 2.24) is 14.8 Å². The van der Waals surface area contributed by atoms with Crippen LogP contribution in [0.5, 0.6) is 0 Å². The van der Waals surface area contributed by atoms with Crippen LogP contribution >= 0.6 is 11.3 Å². The van der Waals surface area contributed by atoms with E-state index < -0.39 is 0 Å². The molecule has 2 aliphatic rings. The molecule has 0 amide bonds. The van der Waals surface area contributed by atoms with Crippen molar-refractivity contribution in [3.05, 3.63) is 11.1 Å². The highest BCUT2D eigenvalue weighted by atomic mass is 32.1. The van der Waals surface area contributed by atoms with Gasteiger partial charge in [-0.15, -0.1) is 11.3 Å². The zero-order chi connectivity index (χ0) is 13.8. The van der Waals surface area contributed by atoms with E-state index in [0.717, 1.165) is 30.7 Å². The highest BCUT2D eigenvalue weighted by Crippen LogP contribution is 2.24. The van der Waals surface area contributed by atoms with Crippen molar-refractivity contribution < 1.29 is 0 Å². The highest BCUT2D eigenvalue weighted by molar-refractivity contribution is 7.15. The molecule has 4 nitrogen and oxygen atoms in total. The topological polar surface area (TPSA) is 31.4 Å². The van der Waals surface area contributed by atoms with E-state index in [4.69, 9.17) is 0 Å². The summed E-state index contributed by atoms with van der Waals surface area (Å²) in [5.74, 6) is 0. The number of aromatic nitrogens is 1. The van der Waals surface area contributed by atoms with Gasteiger partial charge in [-0.1, -0.05) is 6.92 Å². The molecule has 5 heteroatoms. The van der Waals surface area contributed by atoms with Gasteiger partial charge in [-0.2, -0.15) is 0 Å². The van der Waals surface area contributed by atoms with E-state index in [1.807, 2.05) is 17.5 Å². The Morgan fingerprint density at radius 3 is 3.00 bits per heavy atom. The summed E-state index contributed by atoms with van der Waals surface area (Å²) >= 11 is 1.82. The Kier molecular flexibility index (Phi) is 4.91. The number of nitrogens with one attached hydrogen (secondary N) is 1. The first-order valence-corrected chi connectivity index (χ1v) is 8.82. The van der Waals surface area contributed by atoms with Gasteiger partial charge in [0.25, 0.3) is 0 Å². The smallest absolute Gasteiger partial charge is 0.182 e. The minimum atomic E-state index is 0.808. The van der Waals surface area contributed by atoms with Crippen molar-refractivity contribution in [3.8, 4) is 0 Å². The molecule has 0 saturated carbocycles. The second kappa shape index (κ2) is 6.87. The fourth-order valence-corrected chi connectivity index (χ4v) is 4.16. The summed E-state index contributed by atoms with van der Waals surface area (Å²) in [6.07, 6.45) is 7.35. The molecule has 1 aromatic heterocycles. The Hall–Kier alpha value is -0.650. The van der Waals surface area contributed by atoms with Gasteiger partial charge in [0.15, 0.2) is 5.13 Å². The Bertz CT molecular complexity index is 414. The monoisotopic (exact) mass is 294 g/mol. The highest BCUT2D eigenvalue weighted by Gasteiger charge is 2.29. The summed E-state index contributed by atoms with van der Waals surface area (Å²) < 4.78 is 0. The molecular weight excluding hydrogens is 268 g/mol. The van der Waals surface area contributed by atoms with Crippen LogP contribution in [0.25, 0.3) is 0 Å². The number of rotatable bonds is 6. The minimum Gasteiger partial charge on any atom is -0.362 e. The summed E-state index contributed by atoms with van der Waals surface area (Å²) in [6.45, 7) is 9.43. The molecule has 2 aliphatic heterocycles. The largest absolute Gasteiger partial charge is 0.362 e. The molecule has 0 spiro atoms. The van der Waals surface area contributed by atoms with Gasteiger partial charge in [-0.05, 0) is 38.8 Å². The van der Waals surface area contributed by atoms with Gasteiger partial charge in [-0.3, -0.25) is 9.80 Å². The predicted molar refractivity (Wildman–Crippen MR) is 85.4 cm³/mol. The lowest BCUT2D eigenvalue weighted by molar-refractivity contribution is 0.230. The van der Waals surface area contributed by atoms with Gasteiger partial charge in [0.1, 0.15) is 0 Å². The third-order valence-corrected chi connectivity index (χ3v) is 5.30. The fraction of sp³-hybridized carbons (Fsp3) is 0.800. The molecule has 1 N–H and O–H groups in total. The molecule has 0 aliphatic carbocycles. The fourth-order valence-electron chi connectivity index (χ4n) is 3.28. The molecular formula is C15H26N4S. The molecule has 2 saturated heterocycles. The first kappa shape index (κ1) is 14.3. The Morgan fingerprint density at radius 2 is 2.20 bits per heavy atom. The molecule has 2 fully saturated rings. The van der Waals surface area contributed by atoms with E-state index in [9.17, 15) is 0 Å². The maximum absolute atomic E-state index is 4.46. The lowest BCUT2D eigenvalue weighted by atomic mass is 10.2. The number of hydrogen-bond donors (Lipinski definition) is 1. The quantitative estimate of drug-likeness (QED) is 0.874. The second-order valence-corrected chi connectivity index (χ2v) is 7.09. The Morgan fingerprint density at radius 1 is 1.35 bits per heavy atom. The zero-order valence-corrected chi connectivity index (χ0v) is 13.3. The van der Waals surface area contributed by atoms with Gasteiger partial charge in [0, 0.05) is 43.3 Å². The standard InChI is InChI=1S/C15H26N4S/c1-2-6-16-15-17-10-14(20-15)12-18-9-5-13(11-18)19-7-3-4-8-19/h10,13H,2-9,11-12H2,1H3,(H,16,17). The maximum atomic E-state index is 4.46. The van der Waals surface area contributed by atoms with Gasteiger partial charge >= 0.3 is 0 Å². The first-order valence-electron chi connectivity index (χ1n) is 8.00. The Balaban J connectivity index is 1.47. The van der Waals surface area contributed by atoms with Crippen LogP contribution in [0, 0.1) is 0 Å². The third-order valence-electron chi connectivity index (χ3n) is 4.36. The number of hydrogen-bond acceptors (Lipinski definition) is 5. The molecule has 112 valence electrons. The predicted octanol–water partition coefficient (Wildman–Crippen LogP) is 2.64. The number of anilines is 1. The Labute approximate surface area is 126 Å². The average Bonchev–Trinajstić information content (AvgIpc) is 3.18.